The van der Waals surface area contributed by atoms with E-state index in [0.29, 0.717) is 11.3 Å². The van der Waals surface area contributed by atoms with Crippen LogP contribution >= 0.6 is 0 Å². The molecule has 116 valence electrons. The lowest BCUT2D eigenvalue weighted by Gasteiger charge is -2.23. The summed E-state index contributed by atoms with van der Waals surface area (Å²) < 4.78 is 15.0. The number of nitrogens with one attached hydrogen (secondary N) is 1. The minimum absolute atomic E-state index is 0.548. The number of amides is 1. The molecule has 21 heavy (non-hydrogen) atoms. The molecule has 0 aliphatic heterocycles. The van der Waals surface area contributed by atoms with E-state index in [1.165, 1.54) is 14.2 Å². The molecule has 6 nitrogen and oxygen atoms in total. The largest absolute Gasteiger partial charge is 0.497 e. The number of esters is 1. The van der Waals surface area contributed by atoms with Crippen molar-refractivity contribution in [2.45, 2.75) is 32.4 Å². The summed E-state index contributed by atoms with van der Waals surface area (Å²) >= 11 is 0. The zero-order valence-electron chi connectivity index (χ0n) is 12.9. The molecular weight excluding hydrogens is 274 g/mol. The van der Waals surface area contributed by atoms with Crippen LogP contribution in [0.15, 0.2) is 24.3 Å². The van der Waals surface area contributed by atoms with E-state index in [0.717, 1.165) is 0 Å². The van der Waals surface area contributed by atoms with Crippen molar-refractivity contribution in [3.63, 3.8) is 0 Å². The molecule has 0 saturated carbocycles. The first-order valence-electron chi connectivity index (χ1n) is 6.48. The van der Waals surface area contributed by atoms with Crippen LogP contribution in [0, 0.1) is 0 Å². The first kappa shape index (κ1) is 16.8. The van der Waals surface area contributed by atoms with Crippen molar-refractivity contribution in [1.29, 1.82) is 0 Å². The Bertz CT molecular complexity index is 507. The van der Waals surface area contributed by atoms with Gasteiger partial charge in [-0.25, -0.2) is 9.59 Å². The molecule has 1 atom stereocenters. The lowest BCUT2D eigenvalue weighted by molar-refractivity contribution is -0.143. The van der Waals surface area contributed by atoms with Gasteiger partial charge in [-0.1, -0.05) is 12.1 Å². The zero-order valence-corrected chi connectivity index (χ0v) is 12.9. The van der Waals surface area contributed by atoms with E-state index >= 15 is 0 Å². The van der Waals surface area contributed by atoms with Crippen LogP contribution in [0.5, 0.6) is 5.75 Å². The number of alkyl carbamates (subject to hydrolysis) is 1. The molecule has 0 heterocycles. The summed E-state index contributed by atoms with van der Waals surface area (Å²) in [7, 11) is 2.78. The highest BCUT2D eigenvalue weighted by molar-refractivity contribution is 5.82. The van der Waals surface area contributed by atoms with Crippen LogP contribution in [0.4, 0.5) is 4.79 Å². The van der Waals surface area contributed by atoms with Gasteiger partial charge in [0.2, 0.25) is 0 Å². The van der Waals surface area contributed by atoms with Gasteiger partial charge in [-0.2, -0.15) is 0 Å². The summed E-state index contributed by atoms with van der Waals surface area (Å²) in [4.78, 5) is 23.7. The molecule has 0 spiro atoms. The fourth-order valence-corrected chi connectivity index (χ4v) is 1.64. The first-order chi connectivity index (χ1) is 9.76. The smallest absolute Gasteiger partial charge is 0.408 e. The Morgan fingerprint density at radius 2 is 1.86 bits per heavy atom. The van der Waals surface area contributed by atoms with E-state index in [9.17, 15) is 9.59 Å². The Morgan fingerprint density at radius 3 is 2.38 bits per heavy atom. The molecule has 1 rings (SSSR count). The van der Waals surface area contributed by atoms with E-state index < -0.39 is 23.7 Å². The number of rotatable bonds is 4. The Labute approximate surface area is 124 Å². The van der Waals surface area contributed by atoms with Gasteiger partial charge in [0.15, 0.2) is 6.04 Å². The summed E-state index contributed by atoms with van der Waals surface area (Å²) in [5.41, 5.74) is -0.105. The minimum Gasteiger partial charge on any atom is -0.497 e. The molecule has 0 radical (unpaired) electrons. The van der Waals surface area contributed by atoms with Crippen molar-refractivity contribution >= 4 is 12.1 Å². The maximum Gasteiger partial charge on any atom is 0.408 e. The molecule has 6 heteroatoms. The summed E-state index contributed by atoms with van der Waals surface area (Å²) in [6.07, 6.45) is -0.694. The minimum atomic E-state index is -0.958. The molecule has 1 N–H and O–H groups in total. The quantitative estimate of drug-likeness (QED) is 0.864. The summed E-state index contributed by atoms with van der Waals surface area (Å²) in [5.74, 6) is -0.0125. The van der Waals surface area contributed by atoms with Crippen LogP contribution in [-0.2, 0) is 14.3 Å². The van der Waals surface area contributed by atoms with Crippen molar-refractivity contribution in [2.75, 3.05) is 14.2 Å². The fraction of sp³-hybridized carbons (Fsp3) is 0.467. The maximum atomic E-state index is 11.9. The second-order valence-electron chi connectivity index (χ2n) is 5.38. The van der Waals surface area contributed by atoms with Crippen molar-refractivity contribution in [3.8, 4) is 5.75 Å². The predicted molar refractivity (Wildman–Crippen MR) is 77.1 cm³/mol. The summed E-state index contributed by atoms with van der Waals surface area (Å²) in [5, 5.41) is 2.50. The lowest BCUT2D eigenvalue weighted by atomic mass is 10.1. The van der Waals surface area contributed by atoms with Crippen LogP contribution in [0.1, 0.15) is 32.4 Å². The number of ether oxygens (including phenoxy) is 3. The van der Waals surface area contributed by atoms with E-state index in [-0.39, 0.29) is 0 Å². The first-order valence-corrected chi connectivity index (χ1v) is 6.48. The number of carbonyl (C=O) groups is 2. The number of carbonyl (C=O) groups excluding carboxylic acids is 2. The summed E-state index contributed by atoms with van der Waals surface area (Å²) in [6, 6.07) is 5.85. The molecule has 1 aromatic rings. The van der Waals surface area contributed by atoms with Crippen molar-refractivity contribution in [1.82, 2.24) is 5.32 Å². The molecule has 0 aromatic heterocycles. The second kappa shape index (κ2) is 6.97. The number of hydrogen-bond acceptors (Lipinski definition) is 5. The van der Waals surface area contributed by atoms with Crippen LogP contribution in [-0.4, -0.2) is 31.9 Å². The highest BCUT2D eigenvalue weighted by Crippen LogP contribution is 2.21. The molecule has 0 bridgehead atoms. The Kier molecular flexibility index (Phi) is 5.58. The van der Waals surface area contributed by atoms with Gasteiger partial charge in [0.05, 0.1) is 14.2 Å². The zero-order chi connectivity index (χ0) is 16.0. The van der Waals surface area contributed by atoms with Gasteiger partial charge in [0.1, 0.15) is 11.4 Å². The highest BCUT2D eigenvalue weighted by Gasteiger charge is 2.26. The van der Waals surface area contributed by atoms with Crippen LogP contribution in [0.25, 0.3) is 0 Å². The third kappa shape index (κ3) is 5.33. The van der Waals surface area contributed by atoms with Gasteiger partial charge >= 0.3 is 12.1 Å². The van der Waals surface area contributed by atoms with Gasteiger partial charge in [0.25, 0.3) is 0 Å². The average molecular weight is 295 g/mol. The van der Waals surface area contributed by atoms with Gasteiger partial charge < -0.3 is 19.5 Å². The van der Waals surface area contributed by atoms with Crippen molar-refractivity contribution < 1.29 is 23.8 Å². The van der Waals surface area contributed by atoms with Gasteiger partial charge in [-0.3, -0.25) is 0 Å². The topological polar surface area (TPSA) is 73.9 Å². The SMILES string of the molecule is COC(=O)C(NC(=O)OC(C)(C)C)c1cccc(OC)c1. The molecule has 0 fully saturated rings. The predicted octanol–water partition coefficient (Wildman–Crippen LogP) is 2.43. The molecule has 0 saturated heterocycles. The fourth-order valence-electron chi connectivity index (χ4n) is 1.64. The lowest BCUT2D eigenvalue weighted by Crippen LogP contribution is -2.38. The van der Waals surface area contributed by atoms with Gasteiger partial charge in [0, 0.05) is 0 Å². The monoisotopic (exact) mass is 295 g/mol. The number of hydrogen-bond donors (Lipinski definition) is 1. The van der Waals surface area contributed by atoms with E-state index in [1.54, 1.807) is 45.0 Å². The highest BCUT2D eigenvalue weighted by atomic mass is 16.6. The molecule has 1 aromatic carbocycles. The van der Waals surface area contributed by atoms with E-state index in [1.807, 2.05) is 0 Å². The molecule has 1 amide bonds. The van der Waals surface area contributed by atoms with Crippen LogP contribution < -0.4 is 10.1 Å². The Balaban J connectivity index is 2.95. The van der Waals surface area contributed by atoms with Crippen LogP contribution in [0.3, 0.4) is 0 Å². The van der Waals surface area contributed by atoms with Gasteiger partial charge in [-0.05, 0) is 38.5 Å². The maximum absolute atomic E-state index is 11.9. The van der Waals surface area contributed by atoms with Crippen LogP contribution in [0.2, 0.25) is 0 Å². The van der Waals surface area contributed by atoms with Crippen molar-refractivity contribution in [3.05, 3.63) is 29.8 Å². The Hall–Kier alpha value is -2.24. The van der Waals surface area contributed by atoms with Gasteiger partial charge in [-0.15, -0.1) is 0 Å². The standard InChI is InChI=1S/C15H21NO5/c1-15(2,3)21-14(18)16-12(13(17)20-5)10-7-6-8-11(9-10)19-4/h6-9,12H,1-5H3,(H,16,18). The third-order valence-electron chi connectivity index (χ3n) is 2.53. The normalized spacial score (nSPS) is 12.2. The molecule has 1 unspecified atom stereocenters. The van der Waals surface area contributed by atoms with Crippen molar-refractivity contribution in [2.24, 2.45) is 0 Å². The molecule has 0 aliphatic rings. The number of benzene rings is 1. The number of methoxy groups -OCH3 is 2. The summed E-state index contributed by atoms with van der Waals surface area (Å²) in [6.45, 7) is 5.22. The third-order valence-corrected chi connectivity index (χ3v) is 2.53. The molecular formula is C15H21NO5. The second-order valence-corrected chi connectivity index (χ2v) is 5.38. The average Bonchev–Trinajstić information content (AvgIpc) is 2.42. The van der Waals surface area contributed by atoms with E-state index in [4.69, 9.17) is 14.2 Å². The van der Waals surface area contributed by atoms with E-state index in [2.05, 4.69) is 5.32 Å². The Morgan fingerprint density at radius 1 is 1.19 bits per heavy atom. The molecule has 0 aliphatic carbocycles.